The number of nitrogens with zero attached hydrogens (tertiary/aromatic N) is 3. The number of carbonyl (C=O) groups excluding carboxylic acids is 1. The zero-order chi connectivity index (χ0) is 30.6. The van der Waals surface area contributed by atoms with E-state index in [1.807, 2.05) is 6.92 Å². The number of nitrogens with one attached hydrogen (secondary N) is 1. The van der Waals surface area contributed by atoms with E-state index in [-0.39, 0.29) is 23.5 Å². The number of carbonyl (C=O) groups is 1. The van der Waals surface area contributed by atoms with E-state index in [9.17, 15) is 18.7 Å². The van der Waals surface area contributed by atoms with Gasteiger partial charge in [0.2, 0.25) is 0 Å². The van der Waals surface area contributed by atoms with Crippen LogP contribution in [0.2, 0.25) is 0 Å². The number of hydrogen-bond donors (Lipinski definition) is 3. The predicted octanol–water partition coefficient (Wildman–Crippen LogP) is 5.20. The molecule has 1 aromatic carbocycles. The van der Waals surface area contributed by atoms with Gasteiger partial charge in [-0.15, -0.1) is 0 Å². The Labute approximate surface area is 248 Å². The van der Waals surface area contributed by atoms with Crippen LogP contribution in [0.4, 0.5) is 30.9 Å². The second-order valence-electron chi connectivity index (χ2n) is 12.5. The van der Waals surface area contributed by atoms with Gasteiger partial charge in [0, 0.05) is 17.7 Å². The first-order chi connectivity index (χ1) is 19.7. The van der Waals surface area contributed by atoms with Crippen molar-refractivity contribution in [1.29, 1.82) is 0 Å². The Bertz CT molecular complexity index is 1340. The van der Waals surface area contributed by atoms with Crippen LogP contribution in [-0.4, -0.2) is 68.7 Å². The normalized spacial score (nSPS) is 27.9. The number of nitrogen functional groups attached to an aromatic ring is 1. The van der Waals surface area contributed by atoms with Crippen LogP contribution in [0.15, 0.2) is 23.4 Å². The quantitative estimate of drug-likeness (QED) is 0.272. The smallest absolute Gasteiger partial charge is 0.416 e. The number of aliphatic hydroxyl groups excluding tert-OH is 1. The summed E-state index contributed by atoms with van der Waals surface area (Å²) < 4.78 is 45.5. The molecule has 1 saturated heterocycles. The van der Waals surface area contributed by atoms with Crippen LogP contribution >= 0.6 is 11.8 Å². The molecular formula is C29H39F2N5O5S. The standard InChI is InChI=1S/C29H39F2N5O5S/c1-7-10-42-26-34-24(33-18-13-20(37)23-22(18)39-29(5,6)40-23)21(32)25(35-26)36(27(38)41-28(2,3)4)19-12-15(19)14-8-9-16(30)17(31)11-14/h8-9,11,15,18-20,22-23,37H,7,10,12-13,32H2,1-6H3,(H,33,34,35)/t15-,18+,19+,20-,22-,23+/m0/s1. The van der Waals surface area contributed by atoms with Crippen LogP contribution in [0.3, 0.4) is 0 Å². The number of aromatic nitrogens is 2. The molecule has 2 saturated carbocycles. The Morgan fingerprint density at radius 2 is 1.93 bits per heavy atom. The minimum absolute atomic E-state index is 0.119. The summed E-state index contributed by atoms with van der Waals surface area (Å²) in [6.45, 7) is 10.9. The van der Waals surface area contributed by atoms with Crippen LogP contribution in [0, 0.1) is 11.6 Å². The van der Waals surface area contributed by atoms with Crippen LogP contribution in [-0.2, 0) is 14.2 Å². The summed E-state index contributed by atoms with van der Waals surface area (Å²) >= 11 is 1.42. The Kier molecular flexibility index (Phi) is 8.34. The van der Waals surface area contributed by atoms with Gasteiger partial charge in [0.15, 0.2) is 34.2 Å². The summed E-state index contributed by atoms with van der Waals surface area (Å²) in [5.41, 5.74) is 6.56. The highest BCUT2D eigenvalue weighted by Crippen LogP contribution is 2.49. The summed E-state index contributed by atoms with van der Waals surface area (Å²) in [5, 5.41) is 14.4. The number of rotatable bonds is 8. The molecule has 3 aliphatic rings. The highest BCUT2D eigenvalue weighted by molar-refractivity contribution is 7.99. The summed E-state index contributed by atoms with van der Waals surface area (Å²) in [4.78, 5) is 24.5. The van der Waals surface area contributed by atoms with Gasteiger partial charge in [-0.3, -0.25) is 4.90 Å². The third-order valence-corrected chi connectivity index (χ3v) is 8.43. The summed E-state index contributed by atoms with van der Waals surface area (Å²) in [6, 6.07) is 2.93. The molecule has 0 spiro atoms. The fourth-order valence-corrected chi connectivity index (χ4v) is 6.21. The van der Waals surface area contributed by atoms with Gasteiger partial charge in [-0.05, 0) is 71.6 Å². The zero-order valence-corrected chi connectivity index (χ0v) is 25.5. The van der Waals surface area contributed by atoms with Gasteiger partial charge in [0.25, 0.3) is 0 Å². The predicted molar refractivity (Wildman–Crippen MR) is 156 cm³/mol. The molecular weight excluding hydrogens is 568 g/mol. The molecule has 1 aliphatic heterocycles. The van der Waals surface area contributed by atoms with Gasteiger partial charge >= 0.3 is 6.09 Å². The maximum atomic E-state index is 14.1. The number of hydrogen-bond acceptors (Lipinski definition) is 10. The number of fused-ring (bicyclic) bond motifs is 1. The van der Waals surface area contributed by atoms with Crippen molar-refractivity contribution in [2.75, 3.05) is 21.7 Å². The van der Waals surface area contributed by atoms with Crippen molar-refractivity contribution in [2.45, 2.75) is 114 Å². The van der Waals surface area contributed by atoms with E-state index in [4.69, 9.17) is 24.9 Å². The maximum absolute atomic E-state index is 14.1. The molecule has 1 amide bonds. The van der Waals surface area contributed by atoms with Crippen LogP contribution < -0.4 is 16.0 Å². The molecule has 0 bridgehead atoms. The van der Waals surface area contributed by atoms with E-state index in [0.29, 0.717) is 29.4 Å². The lowest BCUT2D eigenvalue weighted by atomic mass is 10.1. The number of nitrogens with two attached hydrogens (primary N) is 1. The monoisotopic (exact) mass is 607 g/mol. The zero-order valence-electron chi connectivity index (χ0n) is 24.7. The highest BCUT2D eigenvalue weighted by atomic mass is 32.2. The molecule has 2 aliphatic carbocycles. The Hall–Kier alpha value is -2.74. The highest BCUT2D eigenvalue weighted by Gasteiger charge is 2.54. The van der Waals surface area contributed by atoms with Crippen molar-refractivity contribution in [3.8, 4) is 0 Å². The fourth-order valence-electron chi connectivity index (χ4n) is 5.52. The lowest BCUT2D eigenvalue weighted by Gasteiger charge is -2.29. The summed E-state index contributed by atoms with van der Waals surface area (Å²) in [7, 11) is 0. The molecule has 0 unspecified atom stereocenters. The number of aliphatic hydroxyl groups is 1. The van der Waals surface area contributed by atoms with E-state index in [1.165, 1.54) is 22.7 Å². The molecule has 0 radical (unpaired) electrons. The number of ether oxygens (including phenoxy) is 3. The number of halogens is 2. The number of benzene rings is 1. The Morgan fingerprint density at radius 1 is 1.21 bits per heavy atom. The van der Waals surface area contributed by atoms with Gasteiger partial charge in [0.1, 0.15) is 23.5 Å². The average Bonchev–Trinajstić information content (AvgIpc) is 3.52. The second kappa shape index (κ2) is 11.4. The van der Waals surface area contributed by atoms with Gasteiger partial charge in [0.05, 0.1) is 12.1 Å². The largest absolute Gasteiger partial charge is 0.443 e. The molecule has 13 heteroatoms. The first-order valence-electron chi connectivity index (χ1n) is 14.2. The third kappa shape index (κ3) is 6.43. The van der Waals surface area contributed by atoms with Crippen molar-refractivity contribution in [1.82, 2.24) is 9.97 Å². The molecule has 3 fully saturated rings. The van der Waals surface area contributed by atoms with Crippen molar-refractivity contribution >= 4 is 35.2 Å². The molecule has 4 N–H and O–H groups in total. The molecule has 5 rings (SSSR count). The molecule has 2 heterocycles. The van der Waals surface area contributed by atoms with E-state index in [0.717, 1.165) is 24.3 Å². The van der Waals surface area contributed by atoms with E-state index >= 15 is 0 Å². The van der Waals surface area contributed by atoms with Crippen molar-refractivity contribution in [3.63, 3.8) is 0 Å². The second-order valence-corrected chi connectivity index (χ2v) is 13.6. The first kappa shape index (κ1) is 30.7. The molecule has 10 nitrogen and oxygen atoms in total. The lowest BCUT2D eigenvalue weighted by molar-refractivity contribution is -0.162. The first-order valence-corrected chi connectivity index (χ1v) is 15.2. The molecule has 2 aromatic rings. The SMILES string of the molecule is CCCSc1nc(N[C@@H]2C[C@H](O)[C@H]3OC(C)(C)O[C@H]32)c(N)c(N(C(=O)OC(C)(C)C)[C@@H]2C[C@H]2c2ccc(F)c(F)c2)n1. The fraction of sp³-hybridized carbons (Fsp3) is 0.621. The maximum Gasteiger partial charge on any atom is 0.416 e. The molecule has 42 heavy (non-hydrogen) atoms. The Balaban J connectivity index is 1.52. The van der Waals surface area contributed by atoms with Crippen LogP contribution in [0.1, 0.15) is 72.3 Å². The van der Waals surface area contributed by atoms with Gasteiger partial charge < -0.3 is 30.4 Å². The van der Waals surface area contributed by atoms with Gasteiger partial charge in [-0.25, -0.2) is 23.5 Å². The van der Waals surface area contributed by atoms with E-state index in [2.05, 4.69) is 10.3 Å². The van der Waals surface area contributed by atoms with Gasteiger partial charge in [-0.1, -0.05) is 24.8 Å². The number of thioether (sulfide) groups is 1. The topological polar surface area (TPSA) is 132 Å². The third-order valence-electron chi connectivity index (χ3n) is 7.38. The van der Waals surface area contributed by atoms with Crippen LogP contribution in [0.5, 0.6) is 0 Å². The number of amides is 1. The summed E-state index contributed by atoms with van der Waals surface area (Å²) in [5.74, 6) is -1.83. The molecule has 6 atom stereocenters. The van der Waals surface area contributed by atoms with Crippen molar-refractivity contribution < 1.29 is 32.9 Å². The summed E-state index contributed by atoms with van der Waals surface area (Å²) in [6.07, 6.45) is -0.659. The average molecular weight is 608 g/mol. The van der Waals surface area contributed by atoms with Gasteiger partial charge in [-0.2, -0.15) is 0 Å². The van der Waals surface area contributed by atoms with Crippen LogP contribution in [0.25, 0.3) is 0 Å². The Morgan fingerprint density at radius 3 is 2.60 bits per heavy atom. The molecule has 1 aromatic heterocycles. The van der Waals surface area contributed by atoms with Crippen molar-refractivity contribution in [3.05, 3.63) is 35.4 Å². The lowest BCUT2D eigenvalue weighted by Crippen LogP contribution is -2.40. The molecule has 230 valence electrons. The minimum Gasteiger partial charge on any atom is -0.443 e. The minimum atomic E-state index is -0.952. The van der Waals surface area contributed by atoms with Crippen molar-refractivity contribution in [2.24, 2.45) is 0 Å². The van der Waals surface area contributed by atoms with E-state index in [1.54, 1.807) is 34.6 Å². The number of anilines is 3. The van der Waals surface area contributed by atoms with E-state index < -0.39 is 53.5 Å².